The van der Waals surface area contributed by atoms with Gasteiger partial charge in [-0.25, -0.2) is 9.78 Å². The number of ether oxygens (including phenoxy) is 1. The second-order valence-corrected chi connectivity index (χ2v) is 7.80. The molecule has 3 heterocycles. The van der Waals surface area contributed by atoms with Gasteiger partial charge in [0.05, 0.1) is 5.02 Å². The molecule has 0 N–H and O–H groups in total. The van der Waals surface area contributed by atoms with E-state index in [0.717, 1.165) is 17.2 Å². The average molecular weight is 405 g/mol. The normalized spacial score (nSPS) is 15.6. The minimum atomic E-state index is -2.56. The fourth-order valence-corrected chi connectivity index (χ4v) is 4.28. The number of nitrogens with zero attached hydrogens (tertiary/aromatic N) is 2. The summed E-state index contributed by atoms with van der Waals surface area (Å²) >= 11 is 7.33. The number of piperidine rings is 1. The summed E-state index contributed by atoms with van der Waals surface area (Å²) in [5, 5.41) is 2.21. The molecular weight excluding hydrogens is 390 g/mol. The fourth-order valence-electron chi connectivity index (χ4n) is 2.60. The molecule has 0 spiro atoms. The smallest absolute Gasteiger partial charge is 0.349 e. The van der Waals surface area contributed by atoms with Crippen LogP contribution in [-0.4, -0.2) is 35.9 Å². The number of aromatic nitrogens is 1. The third-order valence-electron chi connectivity index (χ3n) is 3.78. The molecule has 0 aliphatic carbocycles. The van der Waals surface area contributed by atoms with Crippen molar-refractivity contribution in [1.29, 1.82) is 0 Å². The molecule has 1 saturated heterocycles. The van der Waals surface area contributed by atoms with Gasteiger partial charge in [0, 0.05) is 37.0 Å². The Morgan fingerprint density at radius 3 is 2.76 bits per heavy atom. The standard InChI is InChI=1S/C16H15ClF2N2O2S2/c17-10-1-2-13(20-9-10)21-6-3-11(4-7-21)23-15(22)14-12(5-8-24-14)25-16(18)19/h1-2,5,8-9,11,16H,3-4,6-7H2. The van der Waals surface area contributed by atoms with Crippen molar-refractivity contribution < 1.29 is 18.3 Å². The molecule has 9 heteroatoms. The van der Waals surface area contributed by atoms with Crippen LogP contribution in [0.25, 0.3) is 0 Å². The van der Waals surface area contributed by atoms with Crippen LogP contribution in [0, 0.1) is 0 Å². The van der Waals surface area contributed by atoms with Gasteiger partial charge < -0.3 is 9.64 Å². The first kappa shape index (κ1) is 18.4. The molecule has 2 aromatic rings. The van der Waals surface area contributed by atoms with Crippen LogP contribution >= 0.6 is 34.7 Å². The molecular formula is C16H15ClF2N2O2S2. The molecule has 134 valence electrons. The van der Waals surface area contributed by atoms with Gasteiger partial charge in [-0.1, -0.05) is 23.4 Å². The van der Waals surface area contributed by atoms with E-state index < -0.39 is 11.7 Å². The number of thiophene rings is 1. The fraction of sp³-hybridized carbons (Fsp3) is 0.375. The Kier molecular flexibility index (Phi) is 6.14. The van der Waals surface area contributed by atoms with Crippen molar-refractivity contribution in [2.45, 2.75) is 29.6 Å². The number of hydrogen-bond acceptors (Lipinski definition) is 6. The largest absolute Gasteiger partial charge is 0.458 e. The molecule has 0 aromatic carbocycles. The summed E-state index contributed by atoms with van der Waals surface area (Å²) < 4.78 is 30.6. The summed E-state index contributed by atoms with van der Waals surface area (Å²) in [5.74, 6) is -2.25. The van der Waals surface area contributed by atoms with E-state index in [2.05, 4.69) is 9.88 Å². The van der Waals surface area contributed by atoms with Crippen LogP contribution in [0.4, 0.5) is 14.6 Å². The van der Waals surface area contributed by atoms with E-state index in [-0.39, 0.29) is 15.9 Å². The van der Waals surface area contributed by atoms with Crippen molar-refractivity contribution in [3.05, 3.63) is 39.7 Å². The van der Waals surface area contributed by atoms with Crippen LogP contribution in [-0.2, 0) is 4.74 Å². The van der Waals surface area contributed by atoms with Crippen molar-refractivity contribution in [1.82, 2.24) is 4.98 Å². The lowest BCUT2D eigenvalue weighted by Crippen LogP contribution is -2.38. The summed E-state index contributed by atoms with van der Waals surface area (Å²) in [6.45, 7) is 1.41. The molecule has 0 saturated carbocycles. The van der Waals surface area contributed by atoms with Crippen molar-refractivity contribution >= 4 is 46.5 Å². The summed E-state index contributed by atoms with van der Waals surface area (Å²) in [6, 6.07) is 5.16. The average Bonchev–Trinajstić information content (AvgIpc) is 3.04. The van der Waals surface area contributed by atoms with E-state index in [1.54, 1.807) is 17.6 Å². The SMILES string of the molecule is O=C(OC1CCN(c2ccc(Cl)cn2)CC1)c1sccc1SC(F)F. The zero-order valence-electron chi connectivity index (χ0n) is 13.0. The van der Waals surface area contributed by atoms with Gasteiger partial charge in [-0.3, -0.25) is 0 Å². The van der Waals surface area contributed by atoms with Gasteiger partial charge in [0.1, 0.15) is 16.8 Å². The van der Waals surface area contributed by atoms with Crippen LogP contribution < -0.4 is 4.90 Å². The first-order chi connectivity index (χ1) is 12.0. The van der Waals surface area contributed by atoms with E-state index in [4.69, 9.17) is 16.3 Å². The van der Waals surface area contributed by atoms with Crippen LogP contribution in [0.1, 0.15) is 22.5 Å². The first-order valence-corrected chi connectivity index (χ1v) is 9.76. The number of rotatable bonds is 5. The molecule has 0 unspecified atom stereocenters. The third-order valence-corrected chi connectivity index (χ3v) is 5.80. The van der Waals surface area contributed by atoms with Crippen molar-refractivity contribution in [3.63, 3.8) is 0 Å². The number of thioether (sulfide) groups is 1. The molecule has 0 bridgehead atoms. The summed E-state index contributed by atoms with van der Waals surface area (Å²) in [4.78, 5) is 19.2. The zero-order valence-corrected chi connectivity index (χ0v) is 15.4. The Hall–Kier alpha value is -1.38. The molecule has 25 heavy (non-hydrogen) atoms. The van der Waals surface area contributed by atoms with Gasteiger partial charge >= 0.3 is 5.97 Å². The van der Waals surface area contributed by atoms with Gasteiger partial charge in [-0.15, -0.1) is 11.3 Å². The molecule has 1 fully saturated rings. The minimum absolute atomic E-state index is 0.220. The van der Waals surface area contributed by atoms with Crippen LogP contribution in [0.15, 0.2) is 34.7 Å². The summed E-state index contributed by atoms with van der Waals surface area (Å²) in [6.07, 6.45) is 2.71. The maximum atomic E-state index is 12.5. The predicted octanol–water partition coefficient (Wildman–Crippen LogP) is 4.94. The number of carbonyl (C=O) groups excluding carboxylic acids is 1. The number of anilines is 1. The van der Waals surface area contributed by atoms with Crippen molar-refractivity contribution in [3.8, 4) is 0 Å². The molecule has 0 radical (unpaired) electrons. The lowest BCUT2D eigenvalue weighted by molar-refractivity contribution is 0.0247. The molecule has 1 aliphatic heterocycles. The number of carbonyl (C=O) groups is 1. The van der Waals surface area contributed by atoms with Gasteiger partial charge in [0.15, 0.2) is 0 Å². The highest BCUT2D eigenvalue weighted by Gasteiger charge is 2.26. The Bertz CT molecular complexity index is 719. The Labute approximate surface area is 157 Å². The van der Waals surface area contributed by atoms with Crippen molar-refractivity contribution in [2.24, 2.45) is 0 Å². The molecule has 0 amide bonds. The van der Waals surface area contributed by atoms with Gasteiger partial charge in [0.25, 0.3) is 5.76 Å². The molecule has 3 rings (SSSR count). The van der Waals surface area contributed by atoms with Crippen LogP contribution in [0.2, 0.25) is 5.02 Å². The molecule has 0 atom stereocenters. The lowest BCUT2D eigenvalue weighted by atomic mass is 10.1. The van der Waals surface area contributed by atoms with Crippen LogP contribution in [0.5, 0.6) is 0 Å². The highest BCUT2D eigenvalue weighted by atomic mass is 35.5. The number of hydrogen-bond donors (Lipinski definition) is 0. The zero-order chi connectivity index (χ0) is 17.8. The summed E-state index contributed by atoms with van der Waals surface area (Å²) in [7, 11) is 0. The highest BCUT2D eigenvalue weighted by Crippen LogP contribution is 2.33. The molecule has 1 aliphatic rings. The highest BCUT2D eigenvalue weighted by molar-refractivity contribution is 7.99. The topological polar surface area (TPSA) is 42.4 Å². The minimum Gasteiger partial charge on any atom is -0.458 e. The monoisotopic (exact) mass is 404 g/mol. The van der Waals surface area contributed by atoms with E-state index in [9.17, 15) is 13.6 Å². The predicted molar refractivity (Wildman–Crippen MR) is 96.1 cm³/mol. The quantitative estimate of drug-likeness (QED) is 0.521. The third kappa shape index (κ3) is 4.83. The Morgan fingerprint density at radius 1 is 1.36 bits per heavy atom. The second kappa shape index (κ2) is 8.33. The maximum Gasteiger partial charge on any atom is 0.349 e. The summed E-state index contributed by atoms with van der Waals surface area (Å²) in [5.41, 5.74) is 0. The number of halogens is 3. The van der Waals surface area contributed by atoms with E-state index in [1.165, 1.54) is 6.07 Å². The van der Waals surface area contributed by atoms with E-state index in [1.807, 2.05) is 6.07 Å². The van der Waals surface area contributed by atoms with Crippen molar-refractivity contribution in [2.75, 3.05) is 18.0 Å². The van der Waals surface area contributed by atoms with E-state index >= 15 is 0 Å². The number of alkyl halides is 2. The van der Waals surface area contributed by atoms with E-state index in [0.29, 0.717) is 42.7 Å². The maximum absolute atomic E-state index is 12.5. The second-order valence-electron chi connectivity index (χ2n) is 5.42. The Morgan fingerprint density at radius 2 is 2.12 bits per heavy atom. The molecule has 2 aromatic heterocycles. The molecule has 4 nitrogen and oxygen atoms in total. The van der Waals surface area contributed by atoms with Gasteiger partial charge in [-0.2, -0.15) is 8.78 Å². The van der Waals surface area contributed by atoms with Gasteiger partial charge in [-0.05, 0) is 23.6 Å². The van der Waals surface area contributed by atoms with Gasteiger partial charge in [0.2, 0.25) is 0 Å². The first-order valence-electron chi connectivity index (χ1n) is 7.62. The number of pyridine rings is 1. The van der Waals surface area contributed by atoms with Crippen LogP contribution in [0.3, 0.4) is 0 Å². The lowest BCUT2D eigenvalue weighted by Gasteiger charge is -2.32. The Balaban J connectivity index is 1.54. The number of esters is 1.